The number of alkyl carbamates (subject to hydrolysis) is 1. The molecule has 11 heteroatoms. The van der Waals surface area contributed by atoms with Crippen LogP contribution in [0, 0.1) is 6.92 Å². The Hall–Kier alpha value is -1.88. The van der Waals surface area contributed by atoms with Crippen molar-refractivity contribution in [1.29, 1.82) is 0 Å². The van der Waals surface area contributed by atoms with Gasteiger partial charge in [0.2, 0.25) is 5.95 Å². The second-order valence-electron chi connectivity index (χ2n) is 6.21. The van der Waals surface area contributed by atoms with Crippen molar-refractivity contribution in [2.45, 2.75) is 39.7 Å². The van der Waals surface area contributed by atoms with Gasteiger partial charge in [0.15, 0.2) is 0 Å². The van der Waals surface area contributed by atoms with Crippen molar-refractivity contribution in [3.63, 3.8) is 0 Å². The number of aromatic nitrogens is 2. The van der Waals surface area contributed by atoms with Crippen LogP contribution in [-0.2, 0) is 4.74 Å². The van der Waals surface area contributed by atoms with E-state index in [9.17, 15) is 14.4 Å². The highest BCUT2D eigenvalue weighted by molar-refractivity contribution is 8.76. The summed E-state index contributed by atoms with van der Waals surface area (Å²) in [7, 11) is 3.18. The molecule has 0 aliphatic rings. The second kappa shape index (κ2) is 11.8. The van der Waals surface area contributed by atoms with E-state index in [4.69, 9.17) is 4.74 Å². The fourth-order valence-corrected chi connectivity index (χ4v) is 3.48. The molecular formula is C16H27N5O4S2. The van der Waals surface area contributed by atoms with Gasteiger partial charge < -0.3 is 20.4 Å². The molecule has 9 nitrogen and oxygen atoms in total. The Balaban J connectivity index is 2.06. The Morgan fingerprint density at radius 1 is 1.22 bits per heavy atom. The number of aryl methyl sites for hydroxylation is 1. The fraction of sp³-hybridized carbons (Fsp3) is 0.625. The van der Waals surface area contributed by atoms with Crippen molar-refractivity contribution in [2.24, 2.45) is 0 Å². The summed E-state index contributed by atoms with van der Waals surface area (Å²) in [5, 5.41) is 7.86. The van der Waals surface area contributed by atoms with Crippen LogP contribution in [0.25, 0.3) is 0 Å². The zero-order valence-electron chi connectivity index (χ0n) is 16.0. The molecule has 1 heterocycles. The van der Waals surface area contributed by atoms with E-state index in [-0.39, 0.29) is 5.95 Å². The Morgan fingerprint density at radius 2 is 1.85 bits per heavy atom. The van der Waals surface area contributed by atoms with Crippen molar-refractivity contribution < 1.29 is 14.3 Å². The molecule has 4 N–H and O–H groups in total. The number of amides is 3. The smallest absolute Gasteiger partial charge is 0.407 e. The molecule has 1 rings (SSSR count). The summed E-state index contributed by atoms with van der Waals surface area (Å²) in [6.07, 6.45) is 0.343. The number of ether oxygens (including phenoxy) is 1. The molecule has 0 saturated carbocycles. The molecule has 0 bridgehead atoms. The number of nitrogens with zero attached hydrogens (tertiary/aromatic N) is 1. The van der Waals surface area contributed by atoms with E-state index in [0.29, 0.717) is 24.5 Å². The van der Waals surface area contributed by atoms with Crippen LogP contribution in [0.3, 0.4) is 0 Å². The molecule has 3 amide bonds. The van der Waals surface area contributed by atoms with E-state index in [1.807, 2.05) is 20.8 Å². The summed E-state index contributed by atoms with van der Waals surface area (Å²) in [6.45, 7) is 8.38. The van der Waals surface area contributed by atoms with Gasteiger partial charge in [-0.25, -0.2) is 9.59 Å². The Morgan fingerprint density at radius 3 is 2.44 bits per heavy atom. The maximum Gasteiger partial charge on any atom is 0.407 e. The van der Waals surface area contributed by atoms with E-state index in [1.54, 1.807) is 28.5 Å². The van der Waals surface area contributed by atoms with Crippen LogP contribution >= 0.6 is 21.6 Å². The lowest BCUT2D eigenvalue weighted by atomic mass is 10.1. The minimum atomic E-state index is -0.459. The summed E-state index contributed by atoms with van der Waals surface area (Å²) in [6, 6.07) is 0.910. The number of rotatable bonds is 10. The van der Waals surface area contributed by atoms with Crippen LogP contribution in [0.5, 0.6) is 0 Å². The molecule has 0 fully saturated rings. The van der Waals surface area contributed by atoms with Gasteiger partial charge in [-0.05, 0) is 27.2 Å². The third-order valence-electron chi connectivity index (χ3n) is 3.34. The minimum absolute atomic E-state index is 0.115. The Labute approximate surface area is 166 Å². The highest BCUT2D eigenvalue weighted by Crippen LogP contribution is 2.19. The maximum absolute atomic E-state index is 11.7. The molecule has 27 heavy (non-hydrogen) atoms. The van der Waals surface area contributed by atoms with Gasteiger partial charge in [-0.2, -0.15) is 4.98 Å². The number of carbonyl (C=O) groups excluding carboxylic acids is 2. The SMILES string of the molecule is CCC(C)(C)OC(=O)NCCSSCCNC(=O)Nc1nc(=O)cc(C)[nH]1. The standard InChI is InChI=1S/C16H27N5O4S2/c1-5-16(3,4)25-15(24)18-7-9-27-26-8-6-17-14(23)21-13-19-11(2)10-12(22)20-13/h10H,5-9H2,1-4H3,(H,18,24)(H3,17,19,20,21,22,23). The molecule has 0 aromatic carbocycles. The van der Waals surface area contributed by atoms with Crippen molar-refractivity contribution in [2.75, 3.05) is 29.9 Å². The molecular weight excluding hydrogens is 390 g/mol. The quantitative estimate of drug-likeness (QED) is 0.340. The van der Waals surface area contributed by atoms with Gasteiger partial charge >= 0.3 is 12.1 Å². The van der Waals surface area contributed by atoms with E-state index in [1.165, 1.54) is 6.07 Å². The summed E-state index contributed by atoms with van der Waals surface area (Å²) in [4.78, 5) is 41.0. The fourth-order valence-electron chi connectivity index (χ4n) is 1.67. The summed E-state index contributed by atoms with van der Waals surface area (Å²) in [5.41, 5.74) is -0.253. The maximum atomic E-state index is 11.7. The normalized spacial score (nSPS) is 11.0. The lowest BCUT2D eigenvalue weighted by Crippen LogP contribution is -2.35. The van der Waals surface area contributed by atoms with Crippen molar-refractivity contribution in [3.05, 3.63) is 22.1 Å². The third-order valence-corrected chi connectivity index (χ3v) is 5.75. The van der Waals surface area contributed by atoms with E-state index < -0.39 is 23.3 Å². The topological polar surface area (TPSA) is 125 Å². The molecule has 0 spiro atoms. The number of aromatic amines is 1. The van der Waals surface area contributed by atoms with Crippen LogP contribution in [0.2, 0.25) is 0 Å². The van der Waals surface area contributed by atoms with Crippen molar-refractivity contribution in [3.8, 4) is 0 Å². The first kappa shape index (κ1) is 23.2. The first-order valence-corrected chi connectivity index (χ1v) is 11.0. The van der Waals surface area contributed by atoms with E-state index in [2.05, 4.69) is 25.9 Å². The van der Waals surface area contributed by atoms with Crippen LogP contribution < -0.4 is 21.5 Å². The highest BCUT2D eigenvalue weighted by Gasteiger charge is 2.19. The van der Waals surface area contributed by atoms with Gasteiger partial charge in [0.1, 0.15) is 5.60 Å². The highest BCUT2D eigenvalue weighted by atomic mass is 33.1. The van der Waals surface area contributed by atoms with Crippen molar-refractivity contribution >= 4 is 39.7 Å². The zero-order valence-corrected chi connectivity index (χ0v) is 17.6. The average molecular weight is 418 g/mol. The van der Waals surface area contributed by atoms with Crippen molar-refractivity contribution in [1.82, 2.24) is 20.6 Å². The number of H-pyrrole nitrogens is 1. The van der Waals surface area contributed by atoms with Gasteiger partial charge in [-0.1, -0.05) is 28.5 Å². The molecule has 0 unspecified atom stereocenters. The number of urea groups is 1. The second-order valence-corrected chi connectivity index (χ2v) is 8.91. The zero-order chi connectivity index (χ0) is 20.3. The van der Waals surface area contributed by atoms with Crippen LogP contribution in [-0.4, -0.2) is 52.3 Å². The molecule has 0 aliphatic carbocycles. The number of carbonyl (C=O) groups is 2. The molecule has 0 aliphatic heterocycles. The summed E-state index contributed by atoms with van der Waals surface area (Å²) >= 11 is 0. The summed E-state index contributed by atoms with van der Waals surface area (Å²) in [5.74, 6) is 1.54. The predicted molar refractivity (Wildman–Crippen MR) is 110 cm³/mol. The lowest BCUT2D eigenvalue weighted by Gasteiger charge is -2.23. The minimum Gasteiger partial charge on any atom is -0.444 e. The van der Waals surface area contributed by atoms with Gasteiger partial charge in [0.25, 0.3) is 5.56 Å². The van der Waals surface area contributed by atoms with Crippen LogP contribution in [0.1, 0.15) is 32.9 Å². The third kappa shape index (κ3) is 10.8. The number of anilines is 1. The first-order valence-electron chi connectivity index (χ1n) is 8.56. The predicted octanol–water partition coefficient (Wildman–Crippen LogP) is 2.50. The van der Waals surface area contributed by atoms with Gasteiger partial charge in [0.05, 0.1) is 0 Å². The number of nitrogens with one attached hydrogen (secondary N) is 4. The number of hydrogen-bond donors (Lipinski definition) is 4. The largest absolute Gasteiger partial charge is 0.444 e. The molecule has 1 aromatic heterocycles. The van der Waals surface area contributed by atoms with E-state index in [0.717, 1.165) is 12.2 Å². The number of hydrogen-bond acceptors (Lipinski definition) is 7. The first-order chi connectivity index (χ1) is 12.7. The van der Waals surface area contributed by atoms with Gasteiger partial charge in [-0.3, -0.25) is 10.1 Å². The average Bonchev–Trinajstić information content (AvgIpc) is 2.55. The molecule has 1 aromatic rings. The van der Waals surface area contributed by atoms with Gasteiger partial charge in [0, 0.05) is 36.4 Å². The van der Waals surface area contributed by atoms with Crippen LogP contribution in [0.15, 0.2) is 10.9 Å². The monoisotopic (exact) mass is 417 g/mol. The molecule has 0 atom stereocenters. The van der Waals surface area contributed by atoms with E-state index >= 15 is 0 Å². The van der Waals surface area contributed by atoms with Crippen LogP contribution in [0.4, 0.5) is 15.5 Å². The molecule has 152 valence electrons. The summed E-state index contributed by atoms with van der Waals surface area (Å²) < 4.78 is 5.27. The van der Waals surface area contributed by atoms with Gasteiger partial charge in [-0.15, -0.1) is 0 Å². The Kier molecular flexibility index (Phi) is 10.1. The lowest BCUT2D eigenvalue weighted by molar-refractivity contribution is 0.0367. The Bertz CT molecular complexity index is 681. The molecule has 0 saturated heterocycles. The molecule has 0 radical (unpaired) electrons.